The van der Waals surface area contributed by atoms with Gasteiger partial charge in [-0.15, -0.1) is 0 Å². The highest BCUT2D eigenvalue weighted by Gasteiger charge is 2.32. The lowest BCUT2D eigenvalue weighted by atomic mass is 10.1. The molecule has 0 bridgehead atoms. The summed E-state index contributed by atoms with van der Waals surface area (Å²) in [6, 6.07) is 7.11. The third-order valence-corrected chi connectivity index (χ3v) is 4.62. The van der Waals surface area contributed by atoms with Gasteiger partial charge in [0.25, 0.3) is 0 Å². The highest BCUT2D eigenvalue weighted by atomic mass is 32.2. The molecule has 0 fully saturated rings. The van der Waals surface area contributed by atoms with Crippen LogP contribution in [0.1, 0.15) is 29.3 Å². The van der Waals surface area contributed by atoms with Crippen molar-refractivity contribution in [2.45, 2.75) is 26.6 Å². The number of amides is 1. The van der Waals surface area contributed by atoms with Gasteiger partial charge in [-0.2, -0.15) is 13.2 Å². The number of hydrogen-bond donors (Lipinski definition) is 3. The Morgan fingerprint density at radius 3 is 2.48 bits per heavy atom. The second kappa shape index (κ2) is 9.82. The number of halogens is 3. The zero-order valence-electron chi connectivity index (χ0n) is 17.2. The monoisotopic (exact) mass is 456 g/mol. The van der Waals surface area contributed by atoms with E-state index in [0.717, 1.165) is 17.9 Å². The molecule has 0 unspecified atom stereocenters. The molecule has 11 heteroatoms. The molecule has 31 heavy (non-hydrogen) atoms. The van der Waals surface area contributed by atoms with Crippen molar-refractivity contribution in [3.8, 4) is 0 Å². The van der Waals surface area contributed by atoms with Crippen molar-refractivity contribution in [3.05, 3.63) is 58.8 Å². The topological polar surface area (TPSA) is 100 Å². The molecule has 1 heterocycles. The number of nitrogens with one attached hydrogen (secondary N) is 3. The van der Waals surface area contributed by atoms with Crippen LogP contribution >= 0.6 is 0 Å². The molecule has 0 atom stereocenters. The van der Waals surface area contributed by atoms with Crippen LogP contribution < -0.4 is 15.4 Å². The normalized spacial score (nSPS) is 12.1. The lowest BCUT2D eigenvalue weighted by Gasteiger charge is -2.11. The van der Waals surface area contributed by atoms with Gasteiger partial charge in [-0.25, -0.2) is 13.4 Å². The molecule has 1 amide bonds. The van der Waals surface area contributed by atoms with Crippen molar-refractivity contribution >= 4 is 33.5 Å². The molecule has 1 aromatic heterocycles. The van der Waals surface area contributed by atoms with Crippen molar-refractivity contribution in [1.29, 1.82) is 0 Å². The van der Waals surface area contributed by atoms with Crippen molar-refractivity contribution in [1.82, 2.24) is 10.3 Å². The minimum absolute atomic E-state index is 0.0333. The number of carbonyl (C=O) groups is 1. The highest BCUT2D eigenvalue weighted by molar-refractivity contribution is 7.92. The van der Waals surface area contributed by atoms with Crippen LogP contribution in [0.25, 0.3) is 6.08 Å². The number of alkyl halides is 3. The van der Waals surface area contributed by atoms with E-state index >= 15 is 0 Å². The summed E-state index contributed by atoms with van der Waals surface area (Å²) in [5.41, 5.74) is 1.22. The first-order valence-electron chi connectivity index (χ1n) is 9.24. The van der Waals surface area contributed by atoms with Crippen LogP contribution in [0.15, 0.2) is 36.4 Å². The molecule has 0 aliphatic heterocycles. The lowest BCUT2D eigenvalue weighted by Crippen LogP contribution is -2.20. The zero-order valence-corrected chi connectivity index (χ0v) is 18.0. The van der Waals surface area contributed by atoms with E-state index in [0.29, 0.717) is 23.4 Å². The average Bonchev–Trinajstić information content (AvgIpc) is 2.65. The van der Waals surface area contributed by atoms with Gasteiger partial charge in [-0.1, -0.05) is 12.1 Å². The van der Waals surface area contributed by atoms with E-state index in [-0.39, 0.29) is 12.4 Å². The molecule has 0 radical (unpaired) electrons. The summed E-state index contributed by atoms with van der Waals surface area (Å²) in [6.45, 7) is 4.01. The first-order valence-corrected chi connectivity index (χ1v) is 11.1. The van der Waals surface area contributed by atoms with Gasteiger partial charge in [0.15, 0.2) is 0 Å². The molecule has 168 valence electrons. The number of rotatable bonds is 8. The highest BCUT2D eigenvalue weighted by Crippen LogP contribution is 2.29. The first-order chi connectivity index (χ1) is 14.4. The molecular formula is C20H23F3N4O3S. The van der Waals surface area contributed by atoms with E-state index in [1.165, 1.54) is 18.2 Å². The van der Waals surface area contributed by atoms with Gasteiger partial charge in [0.05, 0.1) is 11.9 Å². The fourth-order valence-corrected chi connectivity index (χ4v) is 3.26. The Morgan fingerprint density at radius 1 is 1.19 bits per heavy atom. The molecule has 1 aromatic carbocycles. The largest absolute Gasteiger partial charge is 0.433 e. The summed E-state index contributed by atoms with van der Waals surface area (Å²) in [5.74, 6) is -0.413. The second-order valence-corrected chi connectivity index (χ2v) is 8.49. The van der Waals surface area contributed by atoms with Gasteiger partial charge in [0.1, 0.15) is 11.5 Å². The van der Waals surface area contributed by atoms with Crippen LogP contribution in [-0.2, 0) is 27.5 Å². The molecule has 0 saturated carbocycles. The van der Waals surface area contributed by atoms with Crippen LogP contribution in [0.5, 0.6) is 0 Å². The molecule has 2 aromatic rings. The zero-order chi connectivity index (χ0) is 23.2. The standard InChI is InChI=1S/C20H23F3N4O3S/c1-4-24-19-15(6-9-17(26-19)20(21,22)23)7-10-18(28)25-12-14-5-8-16(13(2)11-14)27-31(3,29)30/h5-11,27H,4,12H2,1-3H3,(H,24,26)(H,25,28)/b10-7+. The predicted octanol–water partition coefficient (Wildman–Crippen LogP) is 3.54. The third-order valence-electron chi connectivity index (χ3n) is 4.03. The number of hydrogen-bond acceptors (Lipinski definition) is 5. The summed E-state index contributed by atoms with van der Waals surface area (Å²) < 4.78 is 63.6. The Morgan fingerprint density at radius 2 is 1.90 bits per heavy atom. The minimum atomic E-state index is -4.56. The van der Waals surface area contributed by atoms with E-state index in [9.17, 15) is 26.4 Å². The van der Waals surface area contributed by atoms with Crippen LogP contribution in [-0.4, -0.2) is 32.1 Å². The van der Waals surface area contributed by atoms with Crippen LogP contribution in [0.4, 0.5) is 24.7 Å². The van der Waals surface area contributed by atoms with Gasteiger partial charge in [-0.05, 0) is 49.2 Å². The quantitative estimate of drug-likeness (QED) is 0.528. The van der Waals surface area contributed by atoms with Crippen molar-refractivity contribution < 1.29 is 26.4 Å². The van der Waals surface area contributed by atoms with E-state index in [2.05, 4.69) is 20.3 Å². The van der Waals surface area contributed by atoms with Gasteiger partial charge in [-0.3, -0.25) is 9.52 Å². The van der Waals surface area contributed by atoms with E-state index in [4.69, 9.17) is 0 Å². The average molecular weight is 456 g/mol. The van der Waals surface area contributed by atoms with Crippen LogP contribution in [0.3, 0.4) is 0 Å². The van der Waals surface area contributed by atoms with Crippen molar-refractivity contribution in [3.63, 3.8) is 0 Å². The van der Waals surface area contributed by atoms with Gasteiger partial charge < -0.3 is 10.6 Å². The number of aryl methyl sites for hydroxylation is 1. The minimum Gasteiger partial charge on any atom is -0.370 e. The van der Waals surface area contributed by atoms with Crippen molar-refractivity contribution in [2.75, 3.05) is 22.8 Å². The van der Waals surface area contributed by atoms with E-state index in [1.54, 1.807) is 32.0 Å². The van der Waals surface area contributed by atoms with Gasteiger partial charge in [0.2, 0.25) is 15.9 Å². The van der Waals surface area contributed by atoms with Crippen molar-refractivity contribution in [2.24, 2.45) is 0 Å². The Hall–Kier alpha value is -3.08. The maximum Gasteiger partial charge on any atom is 0.433 e. The van der Waals surface area contributed by atoms with Crippen LogP contribution in [0, 0.1) is 6.92 Å². The number of carbonyl (C=O) groups excluding carboxylic acids is 1. The van der Waals surface area contributed by atoms with Crippen LogP contribution in [0.2, 0.25) is 0 Å². The molecule has 0 aliphatic carbocycles. The number of benzene rings is 1. The number of aromatic nitrogens is 1. The first kappa shape index (κ1) is 24.2. The fourth-order valence-electron chi connectivity index (χ4n) is 2.63. The lowest BCUT2D eigenvalue weighted by molar-refractivity contribution is -0.141. The molecule has 0 aliphatic rings. The number of anilines is 2. The maximum atomic E-state index is 12.8. The molecule has 0 spiro atoms. The molecule has 7 nitrogen and oxygen atoms in total. The summed E-state index contributed by atoms with van der Waals surface area (Å²) in [4.78, 5) is 15.7. The smallest absolute Gasteiger partial charge is 0.370 e. The fraction of sp³-hybridized carbons (Fsp3) is 0.300. The summed E-state index contributed by atoms with van der Waals surface area (Å²) in [7, 11) is -3.39. The summed E-state index contributed by atoms with van der Waals surface area (Å²) in [5, 5.41) is 5.42. The molecule has 2 rings (SSSR count). The third kappa shape index (κ3) is 7.59. The number of pyridine rings is 1. The summed E-state index contributed by atoms with van der Waals surface area (Å²) >= 11 is 0. The maximum absolute atomic E-state index is 12.8. The van der Waals surface area contributed by atoms with E-state index in [1.807, 2.05) is 0 Å². The number of nitrogens with zero attached hydrogens (tertiary/aromatic N) is 1. The molecule has 0 saturated heterocycles. The number of sulfonamides is 1. The van der Waals surface area contributed by atoms with Gasteiger partial charge >= 0.3 is 6.18 Å². The Kier molecular flexibility index (Phi) is 7.66. The Balaban J connectivity index is 2.05. The molecule has 3 N–H and O–H groups in total. The summed E-state index contributed by atoms with van der Waals surface area (Å²) in [6.07, 6.45) is -0.919. The second-order valence-electron chi connectivity index (χ2n) is 6.74. The molecular weight excluding hydrogens is 433 g/mol. The SMILES string of the molecule is CCNc1nc(C(F)(F)F)ccc1/C=C/C(=O)NCc1ccc(NS(C)(=O)=O)c(C)c1. The predicted molar refractivity (Wildman–Crippen MR) is 114 cm³/mol. The Labute approximate surface area is 178 Å². The Bertz CT molecular complexity index is 1080. The van der Waals surface area contributed by atoms with Gasteiger partial charge in [0, 0.05) is 24.7 Å². The van der Waals surface area contributed by atoms with E-state index < -0.39 is 27.8 Å².